The largest absolute Gasteiger partial charge is 0.392 e. The van der Waals surface area contributed by atoms with Crippen LogP contribution in [0.25, 0.3) is 0 Å². The van der Waals surface area contributed by atoms with Crippen LogP contribution in [0.4, 0.5) is 0 Å². The standard InChI is InChI=1S/C10H21NO2S/c1-10(2)8(7-9(10)12)11-5-4-6-14(3)13/h8-9,11-12H,4-7H2,1-3H3. The molecule has 0 heterocycles. The molecule has 0 aromatic rings. The summed E-state index contributed by atoms with van der Waals surface area (Å²) in [7, 11) is -0.680. The van der Waals surface area contributed by atoms with Crippen molar-refractivity contribution in [3.8, 4) is 0 Å². The van der Waals surface area contributed by atoms with E-state index in [1.165, 1.54) is 0 Å². The fourth-order valence-electron chi connectivity index (χ4n) is 1.80. The molecule has 84 valence electrons. The first-order chi connectivity index (χ1) is 6.44. The van der Waals surface area contributed by atoms with Gasteiger partial charge in [-0.2, -0.15) is 0 Å². The van der Waals surface area contributed by atoms with Crippen molar-refractivity contribution in [3.05, 3.63) is 0 Å². The third-order valence-corrected chi connectivity index (χ3v) is 4.08. The molecule has 1 saturated carbocycles. The Kier molecular flexibility index (Phi) is 4.10. The van der Waals surface area contributed by atoms with Crippen LogP contribution in [0.2, 0.25) is 0 Å². The number of aliphatic hydroxyl groups excluding tert-OH is 1. The van der Waals surface area contributed by atoms with E-state index in [1.807, 2.05) is 0 Å². The van der Waals surface area contributed by atoms with Crippen molar-refractivity contribution in [1.82, 2.24) is 5.32 Å². The zero-order valence-electron chi connectivity index (χ0n) is 9.25. The van der Waals surface area contributed by atoms with Crippen molar-refractivity contribution < 1.29 is 9.32 Å². The zero-order chi connectivity index (χ0) is 10.8. The van der Waals surface area contributed by atoms with E-state index in [9.17, 15) is 9.32 Å². The minimum Gasteiger partial charge on any atom is -0.392 e. The molecule has 2 N–H and O–H groups in total. The van der Waals surface area contributed by atoms with E-state index < -0.39 is 10.8 Å². The van der Waals surface area contributed by atoms with Gasteiger partial charge in [-0.1, -0.05) is 13.8 Å². The Morgan fingerprint density at radius 3 is 2.64 bits per heavy atom. The number of hydrogen-bond donors (Lipinski definition) is 2. The Morgan fingerprint density at radius 2 is 2.21 bits per heavy atom. The summed E-state index contributed by atoms with van der Waals surface area (Å²) in [5.74, 6) is 0.767. The van der Waals surface area contributed by atoms with Crippen molar-refractivity contribution in [1.29, 1.82) is 0 Å². The molecule has 1 aliphatic rings. The molecule has 1 rings (SSSR count). The van der Waals surface area contributed by atoms with Gasteiger partial charge in [0, 0.05) is 34.3 Å². The van der Waals surface area contributed by atoms with Crippen molar-refractivity contribution in [2.45, 2.75) is 38.8 Å². The Balaban J connectivity index is 2.12. The predicted molar refractivity (Wildman–Crippen MR) is 59.7 cm³/mol. The van der Waals surface area contributed by atoms with Crippen LogP contribution >= 0.6 is 0 Å². The highest BCUT2D eigenvalue weighted by Crippen LogP contribution is 2.40. The van der Waals surface area contributed by atoms with Crippen LogP contribution in [0, 0.1) is 5.41 Å². The van der Waals surface area contributed by atoms with Crippen LogP contribution in [-0.2, 0) is 10.8 Å². The molecule has 0 radical (unpaired) electrons. The second-order valence-electron chi connectivity index (χ2n) is 4.71. The molecule has 4 heteroatoms. The quantitative estimate of drug-likeness (QED) is 0.662. The van der Waals surface area contributed by atoms with Gasteiger partial charge in [-0.15, -0.1) is 0 Å². The summed E-state index contributed by atoms with van der Waals surface area (Å²) < 4.78 is 10.8. The Bertz CT molecular complexity index is 218. The summed E-state index contributed by atoms with van der Waals surface area (Å²) >= 11 is 0. The first kappa shape index (κ1) is 12.1. The molecular weight excluding hydrogens is 198 g/mol. The van der Waals surface area contributed by atoms with Crippen LogP contribution in [-0.4, -0.2) is 40.0 Å². The second-order valence-corrected chi connectivity index (χ2v) is 6.27. The van der Waals surface area contributed by atoms with E-state index in [0.717, 1.165) is 25.1 Å². The molecule has 0 aromatic carbocycles. The molecule has 0 bridgehead atoms. The monoisotopic (exact) mass is 219 g/mol. The van der Waals surface area contributed by atoms with Gasteiger partial charge in [-0.25, -0.2) is 0 Å². The number of rotatable bonds is 5. The van der Waals surface area contributed by atoms with Gasteiger partial charge in [0.2, 0.25) is 0 Å². The molecule has 3 unspecified atom stereocenters. The third-order valence-electron chi connectivity index (χ3n) is 3.22. The van der Waals surface area contributed by atoms with Crippen LogP contribution in [0.3, 0.4) is 0 Å². The van der Waals surface area contributed by atoms with Crippen molar-refractivity contribution in [2.24, 2.45) is 5.41 Å². The maximum Gasteiger partial charge on any atom is 0.0621 e. The molecule has 0 aliphatic heterocycles. The average molecular weight is 219 g/mol. The lowest BCUT2D eigenvalue weighted by molar-refractivity contribution is -0.0721. The molecule has 3 nitrogen and oxygen atoms in total. The molecule has 1 aliphatic carbocycles. The first-order valence-electron chi connectivity index (χ1n) is 5.16. The topological polar surface area (TPSA) is 49.3 Å². The molecule has 14 heavy (non-hydrogen) atoms. The van der Waals surface area contributed by atoms with Gasteiger partial charge in [0.1, 0.15) is 0 Å². The van der Waals surface area contributed by atoms with Crippen LogP contribution in [0.5, 0.6) is 0 Å². The second kappa shape index (κ2) is 4.73. The van der Waals surface area contributed by atoms with Gasteiger partial charge in [-0.3, -0.25) is 4.21 Å². The van der Waals surface area contributed by atoms with E-state index >= 15 is 0 Å². The summed E-state index contributed by atoms with van der Waals surface area (Å²) in [6, 6.07) is 0.419. The normalized spacial score (nSPS) is 32.3. The lowest BCUT2D eigenvalue weighted by atomic mass is 9.64. The number of nitrogens with one attached hydrogen (secondary N) is 1. The molecular formula is C10H21NO2S. The minimum atomic E-state index is -0.680. The Labute approximate surface area is 88.7 Å². The minimum absolute atomic E-state index is 0.00532. The van der Waals surface area contributed by atoms with Crippen molar-refractivity contribution in [3.63, 3.8) is 0 Å². The van der Waals surface area contributed by atoms with Crippen molar-refractivity contribution in [2.75, 3.05) is 18.6 Å². The smallest absolute Gasteiger partial charge is 0.0621 e. The van der Waals surface area contributed by atoms with Gasteiger partial charge in [-0.05, 0) is 19.4 Å². The van der Waals surface area contributed by atoms with E-state index in [4.69, 9.17) is 0 Å². The number of hydrogen-bond acceptors (Lipinski definition) is 3. The first-order valence-corrected chi connectivity index (χ1v) is 6.89. The fraction of sp³-hybridized carbons (Fsp3) is 1.00. The number of aliphatic hydroxyl groups is 1. The van der Waals surface area contributed by atoms with Crippen LogP contribution in [0.15, 0.2) is 0 Å². The summed E-state index contributed by atoms with van der Waals surface area (Å²) in [6.45, 7) is 5.06. The van der Waals surface area contributed by atoms with Gasteiger partial charge in [0.05, 0.1) is 6.10 Å². The van der Waals surface area contributed by atoms with Gasteiger partial charge < -0.3 is 10.4 Å². The van der Waals surface area contributed by atoms with Gasteiger partial charge >= 0.3 is 0 Å². The Morgan fingerprint density at radius 1 is 1.57 bits per heavy atom. The Hall–Kier alpha value is 0.0700. The predicted octanol–water partition coefficient (Wildman–Crippen LogP) is 0.504. The van der Waals surface area contributed by atoms with Gasteiger partial charge in [0.25, 0.3) is 0 Å². The highest BCUT2D eigenvalue weighted by Gasteiger charge is 2.46. The van der Waals surface area contributed by atoms with Crippen LogP contribution < -0.4 is 5.32 Å². The highest BCUT2D eigenvalue weighted by molar-refractivity contribution is 7.84. The van der Waals surface area contributed by atoms with E-state index in [-0.39, 0.29) is 11.5 Å². The average Bonchev–Trinajstić information content (AvgIpc) is 2.10. The van der Waals surface area contributed by atoms with Crippen molar-refractivity contribution >= 4 is 10.8 Å². The fourth-order valence-corrected chi connectivity index (χ4v) is 2.35. The molecule has 0 aromatic heterocycles. The van der Waals surface area contributed by atoms with E-state index in [2.05, 4.69) is 19.2 Å². The molecule has 0 spiro atoms. The SMILES string of the molecule is CS(=O)CCCNC1CC(O)C1(C)C. The summed E-state index contributed by atoms with van der Waals surface area (Å²) in [5.41, 5.74) is 0.00532. The summed E-state index contributed by atoms with van der Waals surface area (Å²) in [5, 5.41) is 12.9. The van der Waals surface area contributed by atoms with E-state index in [1.54, 1.807) is 6.26 Å². The van der Waals surface area contributed by atoms with Crippen LogP contribution in [0.1, 0.15) is 26.7 Å². The summed E-state index contributed by atoms with van der Waals surface area (Å²) in [6.07, 6.45) is 3.37. The molecule has 0 saturated heterocycles. The summed E-state index contributed by atoms with van der Waals surface area (Å²) in [4.78, 5) is 0. The molecule has 0 amide bonds. The van der Waals surface area contributed by atoms with Gasteiger partial charge in [0.15, 0.2) is 0 Å². The lowest BCUT2D eigenvalue weighted by Gasteiger charge is -2.49. The molecule has 3 atom stereocenters. The zero-order valence-corrected chi connectivity index (χ0v) is 10.1. The molecule has 1 fully saturated rings. The lowest BCUT2D eigenvalue weighted by Crippen LogP contribution is -2.60. The third kappa shape index (κ3) is 2.78. The van der Waals surface area contributed by atoms with E-state index in [0.29, 0.717) is 6.04 Å². The highest BCUT2D eigenvalue weighted by atomic mass is 32.2. The maximum absolute atomic E-state index is 10.8. The maximum atomic E-state index is 10.8.